The van der Waals surface area contributed by atoms with Crippen LogP contribution in [0.25, 0.3) is 0 Å². The molecule has 2 heterocycles. The van der Waals surface area contributed by atoms with Gasteiger partial charge in [-0.05, 0) is 26.4 Å². The molecule has 0 atom stereocenters. The highest BCUT2D eigenvalue weighted by atomic mass is 16.5. The number of hydrogen-bond acceptors (Lipinski definition) is 4. The van der Waals surface area contributed by atoms with Gasteiger partial charge in [-0.25, -0.2) is 4.98 Å². The van der Waals surface area contributed by atoms with Gasteiger partial charge in [0, 0.05) is 25.3 Å². The Bertz CT molecular complexity index is 320. The van der Waals surface area contributed by atoms with Gasteiger partial charge in [-0.3, -0.25) is 4.90 Å². The van der Waals surface area contributed by atoms with Gasteiger partial charge in [0.15, 0.2) is 0 Å². The Balaban J connectivity index is 1.53. The smallest absolute Gasteiger partial charge is 0.0925 e. The van der Waals surface area contributed by atoms with Gasteiger partial charge >= 0.3 is 0 Å². The number of hydrogen-bond donors (Lipinski definition) is 2. The summed E-state index contributed by atoms with van der Waals surface area (Å²) in [5.41, 5.74) is 2.28. The average molecular weight is 238 g/mol. The molecule has 0 aromatic carbocycles. The van der Waals surface area contributed by atoms with Gasteiger partial charge < -0.3 is 15.0 Å². The van der Waals surface area contributed by atoms with Crippen molar-refractivity contribution in [2.45, 2.75) is 19.9 Å². The topological polar surface area (TPSA) is 53.2 Å². The number of aromatic nitrogens is 2. The molecule has 0 unspecified atom stereocenters. The molecule has 0 saturated carbocycles. The lowest BCUT2D eigenvalue weighted by Crippen LogP contribution is -2.37. The summed E-state index contributed by atoms with van der Waals surface area (Å²) in [5, 5.41) is 3.43. The summed E-state index contributed by atoms with van der Waals surface area (Å²) in [5.74, 6) is 0. The van der Waals surface area contributed by atoms with E-state index in [1.807, 2.05) is 0 Å². The molecule has 0 aliphatic carbocycles. The van der Waals surface area contributed by atoms with Crippen LogP contribution in [0, 0.1) is 6.92 Å². The number of ether oxygens (including phenoxy) is 1. The summed E-state index contributed by atoms with van der Waals surface area (Å²) >= 11 is 0. The van der Waals surface area contributed by atoms with Crippen LogP contribution in [0.1, 0.15) is 17.8 Å². The monoisotopic (exact) mass is 238 g/mol. The fraction of sp³-hybridized carbons (Fsp3) is 0.750. The lowest BCUT2D eigenvalue weighted by molar-refractivity contribution is 0.0374. The molecule has 1 aliphatic rings. The second-order valence-corrected chi connectivity index (χ2v) is 4.46. The largest absolute Gasteiger partial charge is 0.379 e. The molecule has 5 nitrogen and oxygen atoms in total. The minimum absolute atomic E-state index is 0.860. The second kappa shape index (κ2) is 6.74. The zero-order chi connectivity index (χ0) is 11.9. The van der Waals surface area contributed by atoms with Crippen LogP contribution >= 0.6 is 0 Å². The Morgan fingerprint density at radius 1 is 1.47 bits per heavy atom. The lowest BCUT2D eigenvalue weighted by Gasteiger charge is -2.26. The van der Waals surface area contributed by atoms with E-state index in [1.54, 1.807) is 6.33 Å². The standard InChI is InChI=1S/C12H22N4O/c1-11-12(15-10-14-11)9-13-3-2-4-16-5-7-17-8-6-16/h10,13H,2-9H2,1H3,(H,14,15). The van der Waals surface area contributed by atoms with Crippen molar-refractivity contribution in [2.75, 3.05) is 39.4 Å². The third-order valence-corrected chi connectivity index (χ3v) is 3.16. The molecule has 1 fully saturated rings. The number of rotatable bonds is 6. The molecule has 96 valence electrons. The first-order valence-corrected chi connectivity index (χ1v) is 6.36. The quantitative estimate of drug-likeness (QED) is 0.710. The van der Waals surface area contributed by atoms with E-state index in [0.29, 0.717) is 0 Å². The van der Waals surface area contributed by atoms with Gasteiger partial charge in [0.05, 0.1) is 25.2 Å². The molecule has 0 bridgehead atoms. The Kier molecular flexibility index (Phi) is 4.97. The number of morpholine rings is 1. The van der Waals surface area contributed by atoms with Crippen molar-refractivity contribution >= 4 is 0 Å². The number of imidazole rings is 1. The fourth-order valence-corrected chi connectivity index (χ4v) is 2.02. The van der Waals surface area contributed by atoms with E-state index < -0.39 is 0 Å². The van der Waals surface area contributed by atoms with Crippen LogP contribution in [0.15, 0.2) is 6.33 Å². The molecule has 0 amide bonds. The first-order chi connectivity index (χ1) is 8.36. The maximum absolute atomic E-state index is 5.32. The highest BCUT2D eigenvalue weighted by Gasteiger charge is 2.08. The van der Waals surface area contributed by atoms with Crippen molar-refractivity contribution in [2.24, 2.45) is 0 Å². The number of nitrogens with zero attached hydrogens (tertiary/aromatic N) is 2. The van der Waals surface area contributed by atoms with E-state index in [4.69, 9.17) is 4.74 Å². The Morgan fingerprint density at radius 2 is 2.29 bits per heavy atom. The van der Waals surface area contributed by atoms with Crippen LogP contribution in [0.4, 0.5) is 0 Å². The zero-order valence-electron chi connectivity index (χ0n) is 10.5. The van der Waals surface area contributed by atoms with Gasteiger partial charge in [0.25, 0.3) is 0 Å². The highest BCUT2D eigenvalue weighted by Crippen LogP contribution is 2.00. The summed E-state index contributed by atoms with van der Waals surface area (Å²) < 4.78 is 5.32. The third kappa shape index (κ3) is 4.11. The van der Waals surface area contributed by atoms with E-state index in [9.17, 15) is 0 Å². The maximum Gasteiger partial charge on any atom is 0.0925 e. The minimum Gasteiger partial charge on any atom is -0.379 e. The molecular weight excluding hydrogens is 216 g/mol. The number of nitrogens with one attached hydrogen (secondary N) is 2. The van der Waals surface area contributed by atoms with E-state index >= 15 is 0 Å². The molecule has 17 heavy (non-hydrogen) atoms. The first kappa shape index (κ1) is 12.5. The second-order valence-electron chi connectivity index (χ2n) is 4.46. The third-order valence-electron chi connectivity index (χ3n) is 3.16. The van der Waals surface area contributed by atoms with Crippen molar-refractivity contribution < 1.29 is 4.74 Å². The van der Waals surface area contributed by atoms with Gasteiger partial charge in [0.2, 0.25) is 0 Å². The Hall–Kier alpha value is -0.910. The highest BCUT2D eigenvalue weighted by molar-refractivity contribution is 5.07. The molecule has 2 N–H and O–H groups in total. The normalized spacial score (nSPS) is 17.5. The van der Waals surface area contributed by atoms with Crippen LogP contribution in [-0.4, -0.2) is 54.3 Å². The van der Waals surface area contributed by atoms with Crippen molar-refractivity contribution in [3.63, 3.8) is 0 Å². The number of H-pyrrole nitrogens is 1. The van der Waals surface area contributed by atoms with E-state index in [-0.39, 0.29) is 0 Å². The summed E-state index contributed by atoms with van der Waals surface area (Å²) in [6.45, 7) is 9.06. The molecular formula is C12H22N4O. The van der Waals surface area contributed by atoms with Gasteiger partial charge in [0.1, 0.15) is 0 Å². The molecule has 1 aliphatic heterocycles. The summed E-state index contributed by atoms with van der Waals surface area (Å²) in [7, 11) is 0. The molecule has 5 heteroatoms. The van der Waals surface area contributed by atoms with E-state index in [2.05, 4.69) is 27.1 Å². The molecule has 0 spiro atoms. The summed E-state index contributed by atoms with van der Waals surface area (Å²) in [4.78, 5) is 9.81. The zero-order valence-corrected chi connectivity index (χ0v) is 10.5. The molecule has 1 saturated heterocycles. The number of aryl methyl sites for hydroxylation is 1. The Morgan fingerprint density at radius 3 is 3.00 bits per heavy atom. The first-order valence-electron chi connectivity index (χ1n) is 6.36. The molecule has 1 aromatic heterocycles. The van der Waals surface area contributed by atoms with Crippen LogP contribution in [0.3, 0.4) is 0 Å². The lowest BCUT2D eigenvalue weighted by atomic mass is 10.3. The fourth-order valence-electron chi connectivity index (χ4n) is 2.02. The van der Waals surface area contributed by atoms with Crippen LogP contribution < -0.4 is 5.32 Å². The van der Waals surface area contributed by atoms with Crippen LogP contribution in [-0.2, 0) is 11.3 Å². The molecule has 1 aromatic rings. The van der Waals surface area contributed by atoms with Crippen molar-refractivity contribution in [3.05, 3.63) is 17.7 Å². The predicted octanol–water partition coefficient (Wildman–Crippen LogP) is 0.530. The van der Waals surface area contributed by atoms with Crippen LogP contribution in [0.5, 0.6) is 0 Å². The van der Waals surface area contributed by atoms with Crippen LogP contribution in [0.2, 0.25) is 0 Å². The van der Waals surface area contributed by atoms with Crippen molar-refractivity contribution in [3.8, 4) is 0 Å². The van der Waals surface area contributed by atoms with Gasteiger partial charge in [-0.1, -0.05) is 0 Å². The van der Waals surface area contributed by atoms with Crippen molar-refractivity contribution in [1.82, 2.24) is 20.2 Å². The van der Waals surface area contributed by atoms with Gasteiger partial charge in [-0.15, -0.1) is 0 Å². The SMILES string of the molecule is Cc1[nH]cnc1CNCCCN1CCOCC1. The van der Waals surface area contributed by atoms with E-state index in [1.165, 1.54) is 6.42 Å². The predicted molar refractivity (Wildman–Crippen MR) is 66.9 cm³/mol. The van der Waals surface area contributed by atoms with Crippen molar-refractivity contribution in [1.29, 1.82) is 0 Å². The maximum atomic E-state index is 5.32. The average Bonchev–Trinajstić information content (AvgIpc) is 2.76. The summed E-state index contributed by atoms with van der Waals surface area (Å²) in [6, 6.07) is 0. The summed E-state index contributed by atoms with van der Waals surface area (Å²) in [6.07, 6.45) is 2.93. The molecule has 2 rings (SSSR count). The molecule has 0 radical (unpaired) electrons. The number of aromatic amines is 1. The van der Waals surface area contributed by atoms with E-state index in [0.717, 1.165) is 57.3 Å². The Labute approximate surface area is 103 Å². The minimum atomic E-state index is 0.860. The van der Waals surface area contributed by atoms with Gasteiger partial charge in [-0.2, -0.15) is 0 Å².